The first-order valence-electron chi connectivity index (χ1n) is 7.26. The minimum absolute atomic E-state index is 0.205. The van der Waals surface area contributed by atoms with Crippen molar-refractivity contribution in [1.82, 2.24) is 15.2 Å². The Morgan fingerprint density at radius 1 is 1.58 bits per heavy atom. The van der Waals surface area contributed by atoms with Gasteiger partial charge in [-0.25, -0.2) is 0 Å². The van der Waals surface area contributed by atoms with Crippen LogP contribution < -0.4 is 11.3 Å². The van der Waals surface area contributed by atoms with Crippen LogP contribution >= 0.6 is 0 Å². The maximum Gasteiger partial charge on any atom is 0.0659 e. The molecule has 1 aliphatic carbocycles. The second-order valence-electron chi connectivity index (χ2n) is 5.46. The molecule has 0 amide bonds. The lowest BCUT2D eigenvalue weighted by Gasteiger charge is -2.24. The Balaban J connectivity index is 2.07. The topological polar surface area (TPSA) is 65.1 Å². The molecule has 1 heterocycles. The second-order valence-corrected chi connectivity index (χ2v) is 5.46. The second kappa shape index (κ2) is 7.03. The van der Waals surface area contributed by atoms with Gasteiger partial charge in [-0.3, -0.25) is 16.0 Å². The minimum Gasteiger partial charge on any atom is -0.383 e. The van der Waals surface area contributed by atoms with Gasteiger partial charge in [-0.1, -0.05) is 19.8 Å². The number of ether oxygens (including phenoxy) is 1. The number of nitrogens with zero attached hydrogens (tertiary/aromatic N) is 2. The van der Waals surface area contributed by atoms with Crippen molar-refractivity contribution in [2.24, 2.45) is 17.7 Å². The van der Waals surface area contributed by atoms with Gasteiger partial charge in [-0.15, -0.1) is 0 Å². The van der Waals surface area contributed by atoms with Crippen LogP contribution in [0.3, 0.4) is 0 Å². The molecule has 1 fully saturated rings. The van der Waals surface area contributed by atoms with Gasteiger partial charge < -0.3 is 4.74 Å². The van der Waals surface area contributed by atoms with Crippen LogP contribution in [-0.2, 0) is 11.3 Å². The monoisotopic (exact) mass is 266 g/mol. The summed E-state index contributed by atoms with van der Waals surface area (Å²) in [6, 6.07) is 2.27. The van der Waals surface area contributed by atoms with E-state index < -0.39 is 0 Å². The summed E-state index contributed by atoms with van der Waals surface area (Å²) in [5.74, 6) is 7.28. The van der Waals surface area contributed by atoms with Gasteiger partial charge in [0.1, 0.15) is 0 Å². The molecule has 108 valence electrons. The van der Waals surface area contributed by atoms with Crippen LogP contribution in [0, 0.1) is 11.8 Å². The van der Waals surface area contributed by atoms with E-state index in [0.717, 1.165) is 12.5 Å². The summed E-state index contributed by atoms with van der Waals surface area (Å²) < 4.78 is 7.14. The third kappa shape index (κ3) is 3.35. The maximum atomic E-state index is 5.81. The SMILES string of the molecule is CCC1CCC(C(NN)c2ccnn2CCOC)C1. The largest absolute Gasteiger partial charge is 0.383 e. The molecule has 0 radical (unpaired) electrons. The van der Waals surface area contributed by atoms with Crippen LogP contribution in [-0.4, -0.2) is 23.5 Å². The number of methoxy groups -OCH3 is 1. The molecule has 19 heavy (non-hydrogen) atoms. The van der Waals surface area contributed by atoms with E-state index in [-0.39, 0.29) is 6.04 Å². The molecule has 3 unspecified atom stereocenters. The van der Waals surface area contributed by atoms with Crippen molar-refractivity contribution in [1.29, 1.82) is 0 Å². The fourth-order valence-corrected chi connectivity index (χ4v) is 3.22. The maximum absolute atomic E-state index is 5.81. The average Bonchev–Trinajstić information content (AvgIpc) is 3.07. The average molecular weight is 266 g/mol. The molecule has 5 heteroatoms. The first kappa shape index (κ1) is 14.5. The number of hydrogen-bond donors (Lipinski definition) is 2. The van der Waals surface area contributed by atoms with Crippen molar-refractivity contribution in [3.05, 3.63) is 18.0 Å². The van der Waals surface area contributed by atoms with Crippen LogP contribution in [0.15, 0.2) is 12.3 Å². The van der Waals surface area contributed by atoms with Crippen molar-refractivity contribution in [3.63, 3.8) is 0 Å². The van der Waals surface area contributed by atoms with Gasteiger partial charge in [0.05, 0.1) is 24.9 Å². The van der Waals surface area contributed by atoms with Gasteiger partial charge in [-0.2, -0.15) is 5.10 Å². The lowest BCUT2D eigenvalue weighted by molar-refractivity contribution is 0.180. The molecule has 2 rings (SSSR count). The molecular weight excluding hydrogens is 240 g/mol. The third-order valence-electron chi connectivity index (χ3n) is 4.39. The molecule has 3 N–H and O–H groups in total. The lowest BCUT2D eigenvalue weighted by Crippen LogP contribution is -2.34. The van der Waals surface area contributed by atoms with Gasteiger partial charge in [0, 0.05) is 13.3 Å². The van der Waals surface area contributed by atoms with E-state index in [4.69, 9.17) is 10.6 Å². The summed E-state index contributed by atoms with van der Waals surface area (Å²) in [6.45, 7) is 3.73. The number of hydrogen-bond acceptors (Lipinski definition) is 4. The molecule has 3 atom stereocenters. The molecule has 0 spiro atoms. The van der Waals surface area contributed by atoms with Gasteiger partial charge in [-0.05, 0) is 30.7 Å². The summed E-state index contributed by atoms with van der Waals surface area (Å²) in [6.07, 6.45) is 6.97. The predicted octanol–water partition coefficient (Wildman–Crippen LogP) is 1.86. The van der Waals surface area contributed by atoms with Gasteiger partial charge in [0.25, 0.3) is 0 Å². The highest BCUT2D eigenvalue weighted by atomic mass is 16.5. The molecule has 1 saturated carbocycles. The zero-order valence-corrected chi connectivity index (χ0v) is 12.0. The smallest absolute Gasteiger partial charge is 0.0659 e. The standard InChI is InChI=1S/C14H26N4O/c1-3-11-4-5-12(10-11)14(17-15)13-6-7-16-18(13)8-9-19-2/h6-7,11-12,14,17H,3-5,8-10,15H2,1-2H3. The fourth-order valence-electron chi connectivity index (χ4n) is 3.22. The molecule has 0 aliphatic heterocycles. The lowest BCUT2D eigenvalue weighted by atomic mass is 9.94. The quantitative estimate of drug-likeness (QED) is 0.584. The zero-order valence-electron chi connectivity index (χ0n) is 12.0. The van der Waals surface area contributed by atoms with Crippen LogP contribution in [0.4, 0.5) is 0 Å². The number of nitrogens with two attached hydrogens (primary N) is 1. The van der Waals surface area contributed by atoms with Crippen molar-refractivity contribution in [2.75, 3.05) is 13.7 Å². The molecule has 0 aromatic carbocycles. The van der Waals surface area contributed by atoms with E-state index in [1.165, 1.54) is 31.4 Å². The summed E-state index contributed by atoms with van der Waals surface area (Å²) in [5, 5.41) is 4.37. The van der Waals surface area contributed by atoms with Crippen molar-refractivity contribution >= 4 is 0 Å². The Bertz CT molecular complexity index is 379. The highest BCUT2D eigenvalue weighted by Gasteiger charge is 2.31. The van der Waals surface area contributed by atoms with Gasteiger partial charge in [0.15, 0.2) is 0 Å². The van der Waals surface area contributed by atoms with Gasteiger partial charge >= 0.3 is 0 Å². The molecule has 1 aromatic heterocycles. The van der Waals surface area contributed by atoms with E-state index in [1.54, 1.807) is 7.11 Å². The highest BCUT2D eigenvalue weighted by Crippen LogP contribution is 2.39. The minimum atomic E-state index is 0.205. The Hall–Kier alpha value is -0.910. The molecule has 1 aliphatic rings. The normalized spacial score (nSPS) is 24.8. The van der Waals surface area contributed by atoms with E-state index >= 15 is 0 Å². The van der Waals surface area contributed by atoms with Crippen LogP contribution in [0.2, 0.25) is 0 Å². The first-order chi connectivity index (χ1) is 9.30. The molecule has 1 aromatic rings. The first-order valence-corrected chi connectivity index (χ1v) is 7.26. The summed E-state index contributed by atoms with van der Waals surface area (Å²) in [5.41, 5.74) is 4.19. The van der Waals surface area contributed by atoms with E-state index in [2.05, 4.69) is 23.5 Å². The van der Waals surface area contributed by atoms with Crippen LogP contribution in [0.5, 0.6) is 0 Å². The summed E-state index contributed by atoms with van der Waals surface area (Å²) in [4.78, 5) is 0. The summed E-state index contributed by atoms with van der Waals surface area (Å²) in [7, 11) is 1.71. The Labute approximate surface area is 115 Å². The molecular formula is C14H26N4O. The van der Waals surface area contributed by atoms with E-state index in [9.17, 15) is 0 Å². The van der Waals surface area contributed by atoms with Crippen LogP contribution in [0.25, 0.3) is 0 Å². The number of aromatic nitrogens is 2. The number of nitrogens with one attached hydrogen (secondary N) is 1. The number of hydrazine groups is 1. The van der Waals surface area contributed by atoms with Crippen molar-refractivity contribution < 1.29 is 4.74 Å². The number of rotatable bonds is 7. The van der Waals surface area contributed by atoms with Crippen LogP contribution in [0.1, 0.15) is 44.3 Å². The zero-order chi connectivity index (χ0) is 13.7. The molecule has 5 nitrogen and oxygen atoms in total. The Morgan fingerprint density at radius 2 is 2.42 bits per heavy atom. The van der Waals surface area contributed by atoms with E-state index in [1.807, 2.05) is 10.9 Å². The third-order valence-corrected chi connectivity index (χ3v) is 4.39. The van der Waals surface area contributed by atoms with E-state index in [0.29, 0.717) is 12.5 Å². The highest BCUT2D eigenvalue weighted by molar-refractivity contribution is 5.09. The van der Waals surface area contributed by atoms with Crippen molar-refractivity contribution in [3.8, 4) is 0 Å². The molecule has 0 saturated heterocycles. The fraction of sp³-hybridized carbons (Fsp3) is 0.786. The van der Waals surface area contributed by atoms with Crippen molar-refractivity contribution in [2.45, 2.75) is 45.2 Å². The Kier molecular flexibility index (Phi) is 5.36. The Morgan fingerprint density at radius 3 is 3.05 bits per heavy atom. The summed E-state index contributed by atoms with van der Waals surface area (Å²) >= 11 is 0. The van der Waals surface area contributed by atoms with Gasteiger partial charge in [0.2, 0.25) is 0 Å². The predicted molar refractivity (Wildman–Crippen MR) is 75.3 cm³/mol. The molecule has 0 bridgehead atoms.